The Bertz CT molecular complexity index is 1490. The van der Waals surface area contributed by atoms with E-state index in [0.717, 1.165) is 85.2 Å². The lowest BCUT2D eigenvalue weighted by molar-refractivity contribution is 0.0778. The Morgan fingerprint density at radius 2 is 1.93 bits per heavy atom. The number of carbonyl (C=O) groups is 1. The third kappa shape index (κ3) is 7.95. The molecule has 222 valence electrons. The van der Waals surface area contributed by atoms with Gasteiger partial charge in [0.25, 0.3) is 0 Å². The molecule has 3 heterocycles. The largest absolute Gasteiger partial charge is 0.381 e. The van der Waals surface area contributed by atoms with Crippen molar-refractivity contribution in [2.24, 2.45) is 11.3 Å². The number of fused-ring (bicyclic) bond motifs is 2. The molecule has 0 radical (unpaired) electrons. The summed E-state index contributed by atoms with van der Waals surface area (Å²) in [6.45, 7) is 9.29. The number of aromatic nitrogens is 1. The van der Waals surface area contributed by atoms with E-state index >= 15 is 0 Å². The minimum absolute atomic E-state index is 0.0462. The summed E-state index contributed by atoms with van der Waals surface area (Å²) in [4.78, 5) is 20.4. The number of pyridine rings is 1. The fourth-order valence-electron chi connectivity index (χ4n) is 6.14. The lowest BCUT2D eigenvalue weighted by Gasteiger charge is -2.34. The monoisotopic (exact) mass is 597 g/mol. The van der Waals surface area contributed by atoms with Crippen LogP contribution in [0.5, 0.6) is 0 Å². The molecule has 0 unspecified atom stereocenters. The molecule has 0 bridgehead atoms. The van der Waals surface area contributed by atoms with Gasteiger partial charge in [-0.25, -0.2) is 13.4 Å². The molecule has 2 aliphatic rings. The summed E-state index contributed by atoms with van der Waals surface area (Å²) in [6.07, 6.45) is 7.46. The van der Waals surface area contributed by atoms with E-state index < -0.39 is 10.0 Å². The summed E-state index contributed by atoms with van der Waals surface area (Å²) < 4.78 is 31.8. The van der Waals surface area contributed by atoms with Gasteiger partial charge in [0.05, 0.1) is 11.1 Å². The van der Waals surface area contributed by atoms with Gasteiger partial charge in [-0.1, -0.05) is 32.9 Å². The molecule has 2 N–H and O–H groups in total. The average molecular weight is 598 g/mol. The molecule has 0 spiro atoms. The van der Waals surface area contributed by atoms with Crippen LogP contribution in [0.25, 0.3) is 10.2 Å². The quantitative estimate of drug-likeness (QED) is 0.265. The molecule has 9 heteroatoms. The van der Waals surface area contributed by atoms with Gasteiger partial charge in [0.15, 0.2) is 5.78 Å². The summed E-state index contributed by atoms with van der Waals surface area (Å²) >= 11 is 1.50. The van der Waals surface area contributed by atoms with Gasteiger partial charge in [-0.05, 0) is 97.7 Å². The van der Waals surface area contributed by atoms with E-state index in [4.69, 9.17) is 9.72 Å². The van der Waals surface area contributed by atoms with Crippen molar-refractivity contribution in [3.05, 3.63) is 58.1 Å². The highest BCUT2D eigenvalue weighted by Gasteiger charge is 2.30. The van der Waals surface area contributed by atoms with Crippen molar-refractivity contribution in [3.8, 4) is 0 Å². The molecule has 41 heavy (non-hydrogen) atoms. The average Bonchev–Trinajstić information content (AvgIpc) is 3.33. The van der Waals surface area contributed by atoms with Crippen molar-refractivity contribution in [2.75, 3.05) is 30.7 Å². The number of rotatable bonds is 10. The Balaban J connectivity index is 1.35. The van der Waals surface area contributed by atoms with Crippen LogP contribution in [0.3, 0.4) is 0 Å². The number of ketones is 1. The fourth-order valence-corrected chi connectivity index (χ4v) is 7.68. The lowest BCUT2D eigenvalue weighted by Crippen LogP contribution is -2.35. The molecule has 1 aliphatic carbocycles. The number of benzene rings is 1. The molecule has 0 amide bonds. The first kappa shape index (κ1) is 30.1. The molecule has 1 aromatic carbocycles. The molecule has 0 saturated carbocycles. The van der Waals surface area contributed by atoms with Crippen molar-refractivity contribution in [1.82, 2.24) is 10.3 Å². The van der Waals surface area contributed by atoms with Gasteiger partial charge in [0.1, 0.15) is 4.83 Å². The molecular weight excluding hydrogens is 555 g/mol. The van der Waals surface area contributed by atoms with Crippen LogP contribution in [0.1, 0.15) is 85.3 Å². The van der Waals surface area contributed by atoms with Crippen LogP contribution in [-0.2, 0) is 27.6 Å². The Morgan fingerprint density at radius 3 is 2.66 bits per heavy atom. The summed E-state index contributed by atoms with van der Waals surface area (Å²) in [5.74, 6) is 0.698. The molecule has 3 aromatic rings. The van der Waals surface area contributed by atoms with Gasteiger partial charge in [0, 0.05) is 42.4 Å². The molecule has 5 rings (SSSR count). The van der Waals surface area contributed by atoms with Crippen LogP contribution < -0.4 is 10.0 Å². The third-order valence-electron chi connectivity index (χ3n) is 8.61. The van der Waals surface area contributed by atoms with Gasteiger partial charge in [-0.15, -0.1) is 11.3 Å². The van der Waals surface area contributed by atoms with E-state index in [1.165, 1.54) is 22.6 Å². The van der Waals surface area contributed by atoms with Crippen molar-refractivity contribution >= 4 is 43.0 Å². The van der Waals surface area contributed by atoms with E-state index in [9.17, 15) is 13.2 Å². The minimum Gasteiger partial charge on any atom is -0.381 e. The zero-order valence-corrected chi connectivity index (χ0v) is 26.3. The SMILES string of the molecule is CC(C)(C)[C@H]1CCc2nc3sc(C(=O)C[C@H](CCNC4CCOCC4)c4cccc(NS(C)(=O)=O)c4)cc3cc2C1. The van der Waals surface area contributed by atoms with Gasteiger partial charge in [-0.3, -0.25) is 9.52 Å². The zero-order valence-electron chi connectivity index (χ0n) is 24.7. The van der Waals surface area contributed by atoms with Crippen LogP contribution in [0.2, 0.25) is 0 Å². The number of carbonyl (C=O) groups excluding carboxylic acids is 1. The highest BCUT2D eigenvalue weighted by atomic mass is 32.2. The number of aryl methyl sites for hydroxylation is 1. The maximum absolute atomic E-state index is 13.7. The molecule has 7 nitrogen and oxygen atoms in total. The van der Waals surface area contributed by atoms with E-state index in [0.29, 0.717) is 24.1 Å². The maximum Gasteiger partial charge on any atom is 0.229 e. The van der Waals surface area contributed by atoms with Crippen molar-refractivity contribution < 1.29 is 17.9 Å². The van der Waals surface area contributed by atoms with Crippen molar-refractivity contribution in [2.45, 2.75) is 77.7 Å². The Morgan fingerprint density at radius 1 is 1.15 bits per heavy atom. The summed E-state index contributed by atoms with van der Waals surface area (Å²) in [6, 6.07) is 12.2. The summed E-state index contributed by atoms with van der Waals surface area (Å²) in [5.41, 5.74) is 4.26. The van der Waals surface area contributed by atoms with E-state index in [2.05, 4.69) is 36.9 Å². The first-order valence-electron chi connectivity index (χ1n) is 14.8. The Kier molecular flexibility index (Phi) is 9.19. The lowest BCUT2D eigenvalue weighted by atomic mass is 9.71. The van der Waals surface area contributed by atoms with E-state index in [-0.39, 0.29) is 17.1 Å². The number of nitrogens with zero attached hydrogens (tertiary/aromatic N) is 1. The number of thiophene rings is 1. The first-order chi connectivity index (χ1) is 19.4. The topological polar surface area (TPSA) is 97.4 Å². The maximum atomic E-state index is 13.7. The van der Waals surface area contributed by atoms with Crippen LogP contribution in [0.15, 0.2) is 36.4 Å². The molecule has 1 saturated heterocycles. The number of Topliss-reactive ketones (excluding diaryl/α,β-unsaturated/α-hetero) is 1. The second-order valence-corrected chi connectivity index (χ2v) is 15.6. The highest BCUT2D eigenvalue weighted by molar-refractivity contribution is 7.92. The second kappa shape index (κ2) is 12.5. The predicted octanol–water partition coefficient (Wildman–Crippen LogP) is 6.33. The molecule has 1 aliphatic heterocycles. The number of hydrogen-bond acceptors (Lipinski definition) is 7. The van der Waals surface area contributed by atoms with Gasteiger partial charge >= 0.3 is 0 Å². The summed E-state index contributed by atoms with van der Waals surface area (Å²) in [5, 5.41) is 4.70. The van der Waals surface area contributed by atoms with Crippen LogP contribution in [0.4, 0.5) is 5.69 Å². The number of hydrogen-bond donors (Lipinski definition) is 2. The first-order valence-corrected chi connectivity index (χ1v) is 17.5. The van der Waals surface area contributed by atoms with Gasteiger partial charge in [0.2, 0.25) is 10.0 Å². The molecule has 2 atom stereocenters. The highest BCUT2D eigenvalue weighted by Crippen LogP contribution is 2.39. The van der Waals surface area contributed by atoms with Gasteiger partial charge in [-0.2, -0.15) is 0 Å². The second-order valence-electron chi connectivity index (χ2n) is 12.9. The molecule has 2 aromatic heterocycles. The molecule has 1 fully saturated rings. The Hall–Kier alpha value is -2.33. The van der Waals surface area contributed by atoms with Crippen LogP contribution in [0, 0.1) is 11.3 Å². The van der Waals surface area contributed by atoms with E-state index in [1.807, 2.05) is 24.3 Å². The number of anilines is 1. The third-order valence-corrected chi connectivity index (χ3v) is 10.3. The zero-order chi connectivity index (χ0) is 29.2. The van der Waals surface area contributed by atoms with Crippen LogP contribution >= 0.6 is 11.3 Å². The van der Waals surface area contributed by atoms with Crippen molar-refractivity contribution in [3.63, 3.8) is 0 Å². The van der Waals surface area contributed by atoms with E-state index in [1.54, 1.807) is 6.07 Å². The minimum atomic E-state index is -3.40. The smallest absolute Gasteiger partial charge is 0.229 e. The molecular formula is C32H43N3O4S2. The number of sulfonamides is 1. The number of nitrogens with one attached hydrogen (secondary N) is 2. The fraction of sp³-hybridized carbons (Fsp3) is 0.562. The van der Waals surface area contributed by atoms with Crippen molar-refractivity contribution in [1.29, 1.82) is 0 Å². The predicted molar refractivity (Wildman–Crippen MR) is 168 cm³/mol. The summed E-state index contributed by atoms with van der Waals surface area (Å²) in [7, 11) is -3.40. The standard InChI is InChI=1S/C32H43N3O4S2/c1-32(2,3)25-8-9-28-23(17-25)16-24-20-30(40-31(24)34-28)29(36)19-22(10-13-33-26-11-14-39-15-12-26)21-6-5-7-27(18-21)35-41(4,37)38/h5-7,16,18,20,22,25-26,33,35H,8-15,17,19H2,1-4H3/t22-,25-/m0/s1. The normalized spacial score (nSPS) is 19.2. The van der Waals surface area contributed by atoms with Gasteiger partial charge < -0.3 is 10.1 Å². The Labute approximate surface area is 248 Å². The number of ether oxygens (including phenoxy) is 1. The van der Waals surface area contributed by atoms with Crippen LogP contribution in [-0.4, -0.2) is 51.2 Å².